The summed E-state index contributed by atoms with van der Waals surface area (Å²) in [7, 11) is 2.14. The third kappa shape index (κ3) is 3.08. The van der Waals surface area contributed by atoms with Crippen molar-refractivity contribution >= 4 is 33.9 Å². The number of aromatic nitrogens is 1. The van der Waals surface area contributed by atoms with Gasteiger partial charge < -0.3 is 10.2 Å². The van der Waals surface area contributed by atoms with Gasteiger partial charge in [-0.15, -0.1) is 0 Å². The number of fused-ring (bicyclic) bond motifs is 2. The molecule has 4 rings (SSSR count). The van der Waals surface area contributed by atoms with Gasteiger partial charge in [0.15, 0.2) is 0 Å². The van der Waals surface area contributed by atoms with Crippen LogP contribution in [0.2, 0.25) is 5.02 Å². The first-order valence-corrected chi connectivity index (χ1v) is 8.71. The molecule has 0 spiro atoms. The maximum atomic E-state index is 13.6. The molecule has 0 unspecified atom stereocenters. The molecule has 25 heavy (non-hydrogen) atoms. The molecule has 0 fully saturated rings. The standard InChI is InChI=1S/C20H19ClFN3/c1-12-7-15(8-14-11-25(2)6-5-16(12)14)24-19-9-13-3-4-18(22)20(21)17(13)10-23-19/h3-4,7-10H,5-6,11H2,1-2H3,(H,23,24). The van der Waals surface area contributed by atoms with Crippen LogP contribution < -0.4 is 5.32 Å². The number of benzene rings is 2. The lowest BCUT2D eigenvalue weighted by Crippen LogP contribution is -2.27. The van der Waals surface area contributed by atoms with E-state index in [2.05, 4.69) is 41.3 Å². The van der Waals surface area contributed by atoms with E-state index >= 15 is 0 Å². The van der Waals surface area contributed by atoms with Crippen LogP contribution in [0.4, 0.5) is 15.9 Å². The number of hydrogen-bond donors (Lipinski definition) is 1. The van der Waals surface area contributed by atoms with Crippen LogP contribution in [-0.2, 0) is 13.0 Å². The van der Waals surface area contributed by atoms with Gasteiger partial charge in [0.2, 0.25) is 0 Å². The Bertz CT molecular complexity index is 971. The third-order valence-corrected chi connectivity index (χ3v) is 5.20. The van der Waals surface area contributed by atoms with E-state index in [1.54, 1.807) is 12.3 Å². The zero-order valence-corrected chi connectivity index (χ0v) is 15.0. The van der Waals surface area contributed by atoms with Gasteiger partial charge >= 0.3 is 0 Å². The summed E-state index contributed by atoms with van der Waals surface area (Å²) in [5, 5.41) is 4.96. The Kier molecular flexibility index (Phi) is 4.10. The Labute approximate surface area is 151 Å². The number of rotatable bonds is 2. The summed E-state index contributed by atoms with van der Waals surface area (Å²) < 4.78 is 13.6. The molecule has 0 atom stereocenters. The van der Waals surface area contributed by atoms with Crippen LogP contribution in [0, 0.1) is 12.7 Å². The van der Waals surface area contributed by atoms with E-state index in [-0.39, 0.29) is 5.02 Å². The Morgan fingerprint density at radius 3 is 2.92 bits per heavy atom. The van der Waals surface area contributed by atoms with Crippen LogP contribution in [0.3, 0.4) is 0 Å². The summed E-state index contributed by atoms with van der Waals surface area (Å²) in [4.78, 5) is 6.72. The molecule has 3 nitrogen and oxygen atoms in total. The molecular weight excluding hydrogens is 337 g/mol. The van der Waals surface area contributed by atoms with Crippen LogP contribution >= 0.6 is 11.6 Å². The molecule has 0 aliphatic carbocycles. The van der Waals surface area contributed by atoms with Crippen molar-refractivity contribution in [1.82, 2.24) is 9.88 Å². The first kappa shape index (κ1) is 16.3. The smallest absolute Gasteiger partial charge is 0.142 e. The molecule has 1 aromatic heterocycles. The van der Waals surface area contributed by atoms with Crippen molar-refractivity contribution in [2.75, 3.05) is 18.9 Å². The average Bonchev–Trinajstić information content (AvgIpc) is 2.58. The van der Waals surface area contributed by atoms with Crippen molar-refractivity contribution < 1.29 is 4.39 Å². The van der Waals surface area contributed by atoms with Gasteiger partial charge in [-0.1, -0.05) is 17.7 Å². The number of nitrogens with zero attached hydrogens (tertiary/aromatic N) is 2. The minimum atomic E-state index is -0.425. The van der Waals surface area contributed by atoms with Crippen molar-refractivity contribution in [3.05, 3.63) is 64.1 Å². The Morgan fingerprint density at radius 1 is 1.24 bits per heavy atom. The first-order valence-electron chi connectivity index (χ1n) is 8.33. The SMILES string of the molecule is Cc1cc(Nc2cc3ccc(F)c(Cl)c3cn2)cc2c1CCN(C)C2. The average molecular weight is 356 g/mol. The molecule has 5 heteroatoms. The molecule has 0 radical (unpaired) electrons. The number of pyridine rings is 1. The Morgan fingerprint density at radius 2 is 2.08 bits per heavy atom. The van der Waals surface area contributed by atoms with Crippen LogP contribution in [0.1, 0.15) is 16.7 Å². The highest BCUT2D eigenvalue weighted by molar-refractivity contribution is 6.35. The van der Waals surface area contributed by atoms with E-state index in [0.29, 0.717) is 5.39 Å². The van der Waals surface area contributed by atoms with E-state index in [4.69, 9.17) is 11.6 Å². The maximum absolute atomic E-state index is 13.6. The van der Waals surface area contributed by atoms with Crippen LogP contribution in [-0.4, -0.2) is 23.5 Å². The number of hydrogen-bond acceptors (Lipinski definition) is 3. The lowest BCUT2D eigenvalue weighted by atomic mass is 9.94. The minimum absolute atomic E-state index is 0.115. The highest BCUT2D eigenvalue weighted by Crippen LogP contribution is 2.30. The largest absolute Gasteiger partial charge is 0.340 e. The minimum Gasteiger partial charge on any atom is -0.340 e. The lowest BCUT2D eigenvalue weighted by molar-refractivity contribution is 0.312. The van der Waals surface area contributed by atoms with Gasteiger partial charge in [-0.05, 0) is 66.7 Å². The van der Waals surface area contributed by atoms with E-state index < -0.39 is 5.82 Å². The predicted molar refractivity (Wildman–Crippen MR) is 101 cm³/mol. The van der Waals surface area contributed by atoms with Crippen molar-refractivity contribution in [3.8, 4) is 0 Å². The molecule has 0 amide bonds. The van der Waals surface area contributed by atoms with Gasteiger partial charge in [0.1, 0.15) is 11.6 Å². The molecular formula is C20H19ClFN3. The monoisotopic (exact) mass is 355 g/mol. The summed E-state index contributed by atoms with van der Waals surface area (Å²) in [5.74, 6) is 0.296. The summed E-state index contributed by atoms with van der Waals surface area (Å²) in [5.41, 5.74) is 5.14. The lowest BCUT2D eigenvalue weighted by Gasteiger charge is -2.27. The molecule has 2 heterocycles. The summed E-state index contributed by atoms with van der Waals surface area (Å²) in [6.45, 7) is 4.22. The number of aryl methyl sites for hydroxylation is 1. The molecule has 1 N–H and O–H groups in total. The molecule has 128 valence electrons. The topological polar surface area (TPSA) is 28.2 Å². The maximum Gasteiger partial charge on any atom is 0.142 e. The van der Waals surface area contributed by atoms with E-state index in [1.165, 1.54) is 22.8 Å². The Hall–Kier alpha value is -2.17. The molecule has 2 aromatic carbocycles. The second kappa shape index (κ2) is 6.28. The van der Waals surface area contributed by atoms with Crippen molar-refractivity contribution in [2.45, 2.75) is 19.9 Å². The number of likely N-dealkylation sites (N-methyl/N-ethyl adjacent to an activating group) is 1. The fourth-order valence-electron chi connectivity index (χ4n) is 3.51. The second-order valence-corrected chi connectivity index (χ2v) is 7.07. The van der Waals surface area contributed by atoms with Crippen LogP contribution in [0.25, 0.3) is 10.8 Å². The van der Waals surface area contributed by atoms with Gasteiger partial charge in [0.05, 0.1) is 5.02 Å². The molecule has 1 aliphatic heterocycles. The number of anilines is 2. The van der Waals surface area contributed by atoms with E-state index in [9.17, 15) is 4.39 Å². The van der Waals surface area contributed by atoms with Crippen molar-refractivity contribution in [3.63, 3.8) is 0 Å². The van der Waals surface area contributed by atoms with E-state index in [1.807, 2.05) is 6.07 Å². The molecule has 0 saturated heterocycles. The first-order chi connectivity index (χ1) is 12.0. The zero-order chi connectivity index (χ0) is 17.6. The molecule has 0 saturated carbocycles. The molecule has 0 bridgehead atoms. The normalized spacial score (nSPS) is 14.6. The summed E-state index contributed by atoms with van der Waals surface area (Å²) in [6.07, 6.45) is 2.71. The van der Waals surface area contributed by atoms with Crippen LogP contribution in [0.5, 0.6) is 0 Å². The molecule has 1 aliphatic rings. The van der Waals surface area contributed by atoms with Gasteiger partial charge in [0, 0.05) is 30.4 Å². The highest BCUT2D eigenvalue weighted by Gasteiger charge is 2.16. The summed E-state index contributed by atoms with van der Waals surface area (Å²) >= 11 is 6.01. The predicted octanol–water partition coefficient (Wildman–Crippen LogP) is 5.07. The van der Waals surface area contributed by atoms with Gasteiger partial charge in [-0.2, -0.15) is 0 Å². The van der Waals surface area contributed by atoms with E-state index in [0.717, 1.165) is 36.4 Å². The quantitative estimate of drug-likeness (QED) is 0.695. The van der Waals surface area contributed by atoms with Crippen LogP contribution in [0.15, 0.2) is 36.5 Å². The summed E-state index contributed by atoms with van der Waals surface area (Å²) in [6, 6.07) is 9.35. The highest BCUT2D eigenvalue weighted by atomic mass is 35.5. The molecule has 3 aromatic rings. The van der Waals surface area contributed by atoms with Gasteiger partial charge in [-0.25, -0.2) is 9.37 Å². The fourth-order valence-corrected chi connectivity index (χ4v) is 3.73. The van der Waals surface area contributed by atoms with Gasteiger partial charge in [0.25, 0.3) is 0 Å². The number of halogens is 2. The number of nitrogens with one attached hydrogen (secondary N) is 1. The third-order valence-electron chi connectivity index (χ3n) is 4.81. The Balaban J connectivity index is 1.68. The van der Waals surface area contributed by atoms with Gasteiger partial charge in [-0.3, -0.25) is 0 Å². The zero-order valence-electron chi connectivity index (χ0n) is 14.2. The fraction of sp³-hybridized carbons (Fsp3) is 0.250. The second-order valence-electron chi connectivity index (χ2n) is 6.70. The van der Waals surface area contributed by atoms with Crippen molar-refractivity contribution in [1.29, 1.82) is 0 Å². The van der Waals surface area contributed by atoms with Crippen molar-refractivity contribution in [2.24, 2.45) is 0 Å².